The Hall–Kier alpha value is -1.55. The molecule has 0 aliphatic carbocycles. The van der Waals surface area contributed by atoms with Gasteiger partial charge in [0.15, 0.2) is 0 Å². The van der Waals surface area contributed by atoms with Gasteiger partial charge in [-0.05, 0) is 38.1 Å². The van der Waals surface area contributed by atoms with Gasteiger partial charge in [-0.2, -0.15) is 0 Å². The molecular formula is C15H20N2O2. The zero-order chi connectivity index (χ0) is 13.1. The maximum atomic E-state index is 12.5. The third-order valence-corrected chi connectivity index (χ3v) is 3.91. The van der Waals surface area contributed by atoms with E-state index in [9.17, 15) is 4.79 Å². The molecule has 1 saturated heterocycles. The van der Waals surface area contributed by atoms with Crippen molar-refractivity contribution in [3.8, 4) is 5.75 Å². The number of nitrogens with zero attached hydrogens (tertiary/aromatic N) is 2. The lowest BCUT2D eigenvalue weighted by atomic mass is 10.2. The zero-order valence-electron chi connectivity index (χ0n) is 11.2. The molecule has 0 saturated carbocycles. The molecule has 1 aromatic carbocycles. The van der Waals surface area contributed by atoms with E-state index < -0.39 is 0 Å². The minimum Gasteiger partial charge on any atom is -0.491 e. The Morgan fingerprint density at radius 3 is 2.68 bits per heavy atom. The van der Waals surface area contributed by atoms with Crippen molar-refractivity contribution in [2.45, 2.75) is 12.8 Å². The van der Waals surface area contributed by atoms with Crippen molar-refractivity contribution in [1.29, 1.82) is 0 Å². The van der Waals surface area contributed by atoms with Gasteiger partial charge in [0.05, 0.1) is 12.1 Å². The minimum atomic E-state index is 0.104. The minimum absolute atomic E-state index is 0.104. The average Bonchev–Trinajstić information content (AvgIpc) is 2.90. The Kier molecular flexibility index (Phi) is 3.69. The Labute approximate surface area is 113 Å². The molecule has 102 valence electrons. The largest absolute Gasteiger partial charge is 0.491 e. The molecule has 4 nitrogen and oxygen atoms in total. The molecule has 0 spiro atoms. The maximum absolute atomic E-state index is 12.5. The van der Waals surface area contributed by atoms with Gasteiger partial charge in [-0.3, -0.25) is 4.79 Å². The molecule has 19 heavy (non-hydrogen) atoms. The van der Waals surface area contributed by atoms with E-state index in [-0.39, 0.29) is 5.91 Å². The van der Waals surface area contributed by atoms with Crippen molar-refractivity contribution < 1.29 is 9.53 Å². The highest BCUT2D eigenvalue weighted by Crippen LogP contribution is 2.22. The first kappa shape index (κ1) is 12.5. The Balaban J connectivity index is 1.67. The van der Waals surface area contributed by atoms with Crippen molar-refractivity contribution in [3.63, 3.8) is 0 Å². The summed E-state index contributed by atoms with van der Waals surface area (Å²) in [5, 5.41) is 0. The first-order valence-corrected chi connectivity index (χ1v) is 7.08. The normalized spacial score (nSPS) is 20.0. The molecule has 0 unspecified atom stereocenters. The number of likely N-dealkylation sites (tertiary alicyclic amines) is 1. The van der Waals surface area contributed by atoms with E-state index in [2.05, 4.69) is 4.90 Å². The standard InChI is InChI=1S/C15H20N2O2/c18-15-13-5-1-2-6-14(13)19-12-11-17(15)10-9-16-7-3-4-8-16/h1-2,5-6H,3-4,7-12H2. The summed E-state index contributed by atoms with van der Waals surface area (Å²) in [5.74, 6) is 0.823. The van der Waals surface area contributed by atoms with Gasteiger partial charge in [0.1, 0.15) is 12.4 Å². The Morgan fingerprint density at radius 1 is 1.05 bits per heavy atom. The number of ether oxygens (including phenoxy) is 1. The van der Waals surface area contributed by atoms with Crippen LogP contribution in [0.2, 0.25) is 0 Å². The smallest absolute Gasteiger partial charge is 0.257 e. The molecule has 2 heterocycles. The van der Waals surface area contributed by atoms with Gasteiger partial charge >= 0.3 is 0 Å². The number of rotatable bonds is 3. The van der Waals surface area contributed by atoms with Gasteiger partial charge in [0.2, 0.25) is 0 Å². The molecule has 1 aromatic rings. The fourth-order valence-corrected chi connectivity index (χ4v) is 2.79. The summed E-state index contributed by atoms with van der Waals surface area (Å²) in [4.78, 5) is 16.8. The van der Waals surface area contributed by atoms with E-state index in [1.807, 2.05) is 29.2 Å². The van der Waals surface area contributed by atoms with Crippen LogP contribution in [0.15, 0.2) is 24.3 Å². The van der Waals surface area contributed by atoms with Gasteiger partial charge in [-0.15, -0.1) is 0 Å². The van der Waals surface area contributed by atoms with E-state index >= 15 is 0 Å². The van der Waals surface area contributed by atoms with Crippen LogP contribution < -0.4 is 4.74 Å². The van der Waals surface area contributed by atoms with Gasteiger partial charge in [0.25, 0.3) is 5.91 Å². The van der Waals surface area contributed by atoms with Gasteiger partial charge < -0.3 is 14.5 Å². The number of carbonyl (C=O) groups is 1. The Morgan fingerprint density at radius 2 is 1.84 bits per heavy atom. The number of fused-ring (bicyclic) bond motifs is 1. The second kappa shape index (κ2) is 5.61. The molecule has 0 atom stereocenters. The van der Waals surface area contributed by atoms with E-state index in [1.165, 1.54) is 25.9 Å². The summed E-state index contributed by atoms with van der Waals surface area (Å²) in [6.07, 6.45) is 2.58. The Bertz CT molecular complexity index is 455. The van der Waals surface area contributed by atoms with Crippen molar-refractivity contribution in [2.24, 2.45) is 0 Å². The van der Waals surface area contributed by atoms with Crippen LogP contribution in [0.4, 0.5) is 0 Å². The number of para-hydroxylation sites is 1. The van der Waals surface area contributed by atoms with Crippen LogP contribution in [0.3, 0.4) is 0 Å². The average molecular weight is 260 g/mol. The third-order valence-electron chi connectivity index (χ3n) is 3.91. The van der Waals surface area contributed by atoms with Crippen LogP contribution in [0.5, 0.6) is 5.75 Å². The van der Waals surface area contributed by atoms with Gasteiger partial charge in [0, 0.05) is 13.1 Å². The second-order valence-electron chi connectivity index (χ2n) is 5.19. The fraction of sp³-hybridized carbons (Fsp3) is 0.533. The number of benzene rings is 1. The van der Waals surface area contributed by atoms with Crippen LogP contribution in [-0.2, 0) is 0 Å². The summed E-state index contributed by atoms with van der Waals surface area (Å²) >= 11 is 0. The first-order valence-electron chi connectivity index (χ1n) is 7.08. The summed E-state index contributed by atoms with van der Waals surface area (Å²) in [6.45, 7) is 5.40. The molecular weight excluding hydrogens is 240 g/mol. The van der Waals surface area contributed by atoms with Crippen LogP contribution in [0.1, 0.15) is 23.2 Å². The maximum Gasteiger partial charge on any atom is 0.257 e. The lowest BCUT2D eigenvalue weighted by Crippen LogP contribution is -2.38. The molecule has 4 heteroatoms. The highest BCUT2D eigenvalue weighted by molar-refractivity contribution is 5.97. The van der Waals surface area contributed by atoms with Gasteiger partial charge in [-0.1, -0.05) is 12.1 Å². The highest BCUT2D eigenvalue weighted by Gasteiger charge is 2.23. The molecule has 3 rings (SSSR count). The van der Waals surface area contributed by atoms with E-state index in [1.54, 1.807) is 0 Å². The van der Waals surface area contributed by atoms with Crippen LogP contribution >= 0.6 is 0 Å². The molecule has 1 amide bonds. The van der Waals surface area contributed by atoms with E-state index in [0.29, 0.717) is 18.7 Å². The van der Waals surface area contributed by atoms with Crippen molar-refractivity contribution >= 4 is 5.91 Å². The van der Waals surface area contributed by atoms with E-state index in [0.717, 1.165) is 18.8 Å². The summed E-state index contributed by atoms with van der Waals surface area (Å²) < 4.78 is 5.64. The number of amides is 1. The van der Waals surface area contributed by atoms with Crippen LogP contribution in [-0.4, -0.2) is 55.0 Å². The summed E-state index contributed by atoms with van der Waals surface area (Å²) in [7, 11) is 0. The number of carbonyl (C=O) groups excluding carboxylic acids is 1. The van der Waals surface area contributed by atoms with Crippen molar-refractivity contribution in [2.75, 3.05) is 39.3 Å². The number of hydrogen-bond donors (Lipinski definition) is 0. The monoisotopic (exact) mass is 260 g/mol. The van der Waals surface area contributed by atoms with E-state index in [4.69, 9.17) is 4.74 Å². The molecule has 0 radical (unpaired) electrons. The van der Waals surface area contributed by atoms with Crippen molar-refractivity contribution in [3.05, 3.63) is 29.8 Å². The topological polar surface area (TPSA) is 32.8 Å². The zero-order valence-corrected chi connectivity index (χ0v) is 11.2. The van der Waals surface area contributed by atoms with Crippen molar-refractivity contribution in [1.82, 2.24) is 9.80 Å². The third kappa shape index (κ3) is 2.73. The second-order valence-corrected chi connectivity index (χ2v) is 5.19. The molecule has 2 aliphatic heterocycles. The van der Waals surface area contributed by atoms with Crippen LogP contribution in [0.25, 0.3) is 0 Å². The predicted octanol–water partition coefficient (Wildman–Crippen LogP) is 1.62. The SMILES string of the molecule is O=C1c2ccccc2OCCN1CCN1CCCC1. The lowest BCUT2D eigenvalue weighted by molar-refractivity contribution is 0.0740. The van der Waals surface area contributed by atoms with Gasteiger partial charge in [-0.25, -0.2) is 0 Å². The highest BCUT2D eigenvalue weighted by atomic mass is 16.5. The number of hydrogen-bond acceptors (Lipinski definition) is 3. The molecule has 0 bridgehead atoms. The molecule has 1 fully saturated rings. The summed E-state index contributed by atoms with van der Waals surface area (Å²) in [5.41, 5.74) is 0.696. The fourth-order valence-electron chi connectivity index (χ4n) is 2.79. The van der Waals surface area contributed by atoms with Crippen LogP contribution in [0, 0.1) is 0 Å². The molecule has 2 aliphatic rings. The molecule has 0 aromatic heterocycles. The summed E-state index contributed by atoms with van der Waals surface area (Å²) in [6, 6.07) is 7.53. The quantitative estimate of drug-likeness (QED) is 0.828. The lowest BCUT2D eigenvalue weighted by Gasteiger charge is -2.23. The molecule has 0 N–H and O–H groups in total. The predicted molar refractivity (Wildman–Crippen MR) is 73.5 cm³/mol. The first-order chi connectivity index (χ1) is 9.34.